The van der Waals surface area contributed by atoms with Gasteiger partial charge in [-0.25, -0.2) is 0 Å². The fraction of sp³-hybridized carbons (Fsp3) is 0.917. The number of ether oxygens (including phenoxy) is 1. The van der Waals surface area contributed by atoms with Crippen molar-refractivity contribution >= 4 is 5.97 Å². The molecule has 0 aliphatic rings. The molecule has 0 heterocycles. The van der Waals surface area contributed by atoms with Gasteiger partial charge < -0.3 is 10.1 Å². The van der Waals surface area contributed by atoms with Crippen molar-refractivity contribution in [2.24, 2.45) is 5.18 Å². The van der Waals surface area contributed by atoms with Gasteiger partial charge in [0, 0.05) is 6.54 Å². The van der Waals surface area contributed by atoms with E-state index >= 15 is 0 Å². The summed E-state index contributed by atoms with van der Waals surface area (Å²) in [5.41, 5.74) is 0. The van der Waals surface area contributed by atoms with E-state index < -0.39 is 12.2 Å². The van der Waals surface area contributed by atoms with Gasteiger partial charge in [0.2, 0.25) is 0 Å². The number of unbranched alkanes of at least 4 members (excludes halogenated alkanes) is 3. The van der Waals surface area contributed by atoms with Crippen molar-refractivity contribution in [2.45, 2.75) is 50.7 Å². The van der Waals surface area contributed by atoms with Crippen molar-refractivity contribution < 1.29 is 22.7 Å². The molecule has 0 rings (SSSR count). The molecule has 0 aromatic heterocycles. The standard InChI is InChI=1S/C12H21F3N2O3/c1-20-11(18)7-9-16-8-5-3-2-4-6-10(17-19)12(13,14)15/h10,16H,2-9H2,1H3. The zero-order valence-corrected chi connectivity index (χ0v) is 11.5. The highest BCUT2D eigenvalue weighted by atomic mass is 19.4. The van der Waals surface area contributed by atoms with Crippen molar-refractivity contribution in [3.05, 3.63) is 4.91 Å². The average Bonchev–Trinajstić information content (AvgIpc) is 2.39. The van der Waals surface area contributed by atoms with Crippen molar-refractivity contribution in [2.75, 3.05) is 20.2 Å². The van der Waals surface area contributed by atoms with Gasteiger partial charge in [0.25, 0.3) is 0 Å². The van der Waals surface area contributed by atoms with E-state index in [1.54, 1.807) is 0 Å². The molecule has 1 atom stereocenters. The lowest BCUT2D eigenvalue weighted by Gasteiger charge is -2.12. The van der Waals surface area contributed by atoms with Gasteiger partial charge in [-0.05, 0) is 19.4 Å². The van der Waals surface area contributed by atoms with Crippen molar-refractivity contribution in [1.29, 1.82) is 0 Å². The Hall–Kier alpha value is -1.18. The Morgan fingerprint density at radius 1 is 1.20 bits per heavy atom. The summed E-state index contributed by atoms with van der Waals surface area (Å²) in [6.45, 7) is 1.23. The van der Waals surface area contributed by atoms with Crippen molar-refractivity contribution in [3.8, 4) is 0 Å². The van der Waals surface area contributed by atoms with Crippen LogP contribution in [0.3, 0.4) is 0 Å². The minimum atomic E-state index is -4.53. The third-order valence-electron chi connectivity index (χ3n) is 2.82. The van der Waals surface area contributed by atoms with Crippen LogP contribution in [0.2, 0.25) is 0 Å². The van der Waals surface area contributed by atoms with Crippen LogP contribution >= 0.6 is 0 Å². The highest BCUT2D eigenvalue weighted by molar-refractivity contribution is 5.69. The topological polar surface area (TPSA) is 67.8 Å². The molecule has 0 aliphatic heterocycles. The van der Waals surface area contributed by atoms with E-state index in [2.05, 4.69) is 15.2 Å². The second kappa shape index (κ2) is 10.6. The summed E-state index contributed by atoms with van der Waals surface area (Å²) >= 11 is 0. The van der Waals surface area contributed by atoms with E-state index in [-0.39, 0.29) is 12.4 Å². The zero-order valence-electron chi connectivity index (χ0n) is 11.5. The molecule has 118 valence electrons. The fourth-order valence-electron chi connectivity index (χ4n) is 1.63. The van der Waals surface area contributed by atoms with Gasteiger partial charge in [-0.1, -0.05) is 24.4 Å². The number of nitroso groups, excluding NO2 is 1. The summed E-state index contributed by atoms with van der Waals surface area (Å²) in [5, 5.41) is 5.15. The van der Waals surface area contributed by atoms with Gasteiger partial charge in [-0.15, -0.1) is 0 Å². The predicted octanol–water partition coefficient (Wildman–Crippen LogP) is 2.79. The Labute approximate surface area is 116 Å². The van der Waals surface area contributed by atoms with Crippen LogP contribution in [0, 0.1) is 4.91 Å². The summed E-state index contributed by atoms with van der Waals surface area (Å²) in [5.74, 6) is -0.281. The summed E-state index contributed by atoms with van der Waals surface area (Å²) in [7, 11) is 1.32. The number of nitrogens with one attached hydrogen (secondary N) is 1. The van der Waals surface area contributed by atoms with Gasteiger partial charge in [0.15, 0.2) is 6.04 Å². The molecule has 1 unspecified atom stereocenters. The molecule has 1 N–H and O–H groups in total. The maximum absolute atomic E-state index is 12.2. The Balaban J connectivity index is 3.41. The Bertz CT molecular complexity index is 286. The number of rotatable bonds is 11. The predicted molar refractivity (Wildman–Crippen MR) is 68.2 cm³/mol. The monoisotopic (exact) mass is 298 g/mol. The number of esters is 1. The molecule has 20 heavy (non-hydrogen) atoms. The first-order valence-corrected chi connectivity index (χ1v) is 6.58. The van der Waals surface area contributed by atoms with Gasteiger partial charge >= 0.3 is 12.1 Å². The van der Waals surface area contributed by atoms with E-state index in [1.165, 1.54) is 7.11 Å². The maximum Gasteiger partial charge on any atom is 0.414 e. The molecule has 5 nitrogen and oxygen atoms in total. The minimum Gasteiger partial charge on any atom is -0.469 e. The summed E-state index contributed by atoms with van der Waals surface area (Å²) < 4.78 is 41.0. The molecule has 0 saturated heterocycles. The van der Waals surface area contributed by atoms with Gasteiger partial charge in [-0.2, -0.15) is 18.1 Å². The molecule has 0 aliphatic carbocycles. The molecule has 0 spiro atoms. The smallest absolute Gasteiger partial charge is 0.414 e. The lowest BCUT2D eigenvalue weighted by molar-refractivity contribution is -0.148. The normalized spacial score (nSPS) is 13.0. The van der Waals surface area contributed by atoms with Crippen LogP contribution in [0.15, 0.2) is 5.18 Å². The van der Waals surface area contributed by atoms with E-state index in [1.807, 2.05) is 0 Å². The second-order valence-corrected chi connectivity index (χ2v) is 4.44. The SMILES string of the molecule is COC(=O)CCNCCCCCCC(N=O)C(F)(F)F. The molecule has 8 heteroatoms. The molecule has 0 aromatic rings. The lowest BCUT2D eigenvalue weighted by atomic mass is 10.1. The van der Waals surface area contributed by atoms with Crippen LogP contribution in [0.1, 0.15) is 38.5 Å². The van der Waals surface area contributed by atoms with Crippen LogP contribution in [-0.2, 0) is 9.53 Å². The summed E-state index contributed by atoms with van der Waals surface area (Å²) in [6.07, 6.45) is -1.94. The summed E-state index contributed by atoms with van der Waals surface area (Å²) in [6, 6.07) is -2.08. The number of halogens is 3. The summed E-state index contributed by atoms with van der Waals surface area (Å²) in [4.78, 5) is 20.8. The molecule has 0 aromatic carbocycles. The molecular weight excluding hydrogens is 277 g/mol. The van der Waals surface area contributed by atoms with E-state index in [0.29, 0.717) is 32.4 Å². The Kier molecular flexibility index (Phi) is 9.96. The highest BCUT2D eigenvalue weighted by Gasteiger charge is 2.40. The Morgan fingerprint density at radius 3 is 2.40 bits per heavy atom. The van der Waals surface area contributed by atoms with E-state index in [4.69, 9.17) is 0 Å². The molecule has 0 bridgehead atoms. The van der Waals surface area contributed by atoms with Crippen molar-refractivity contribution in [3.63, 3.8) is 0 Å². The molecule has 0 fully saturated rings. The van der Waals surface area contributed by atoms with Crippen LogP contribution < -0.4 is 5.32 Å². The third kappa shape index (κ3) is 9.71. The molecule has 0 radical (unpaired) electrons. The molecule has 0 amide bonds. The lowest BCUT2D eigenvalue weighted by Crippen LogP contribution is -2.26. The van der Waals surface area contributed by atoms with Gasteiger partial charge in [0.05, 0.1) is 13.5 Å². The first-order valence-electron chi connectivity index (χ1n) is 6.58. The largest absolute Gasteiger partial charge is 0.469 e. The van der Waals surface area contributed by atoms with Crippen LogP contribution in [0.25, 0.3) is 0 Å². The molecule has 0 saturated carbocycles. The van der Waals surface area contributed by atoms with E-state index in [9.17, 15) is 22.9 Å². The second-order valence-electron chi connectivity index (χ2n) is 4.44. The number of alkyl halides is 3. The number of nitrogens with zero attached hydrogens (tertiary/aromatic N) is 1. The number of hydrogen-bond donors (Lipinski definition) is 1. The first kappa shape index (κ1) is 18.8. The highest BCUT2D eigenvalue weighted by Crippen LogP contribution is 2.26. The van der Waals surface area contributed by atoms with Crippen molar-refractivity contribution in [1.82, 2.24) is 5.32 Å². The quantitative estimate of drug-likeness (QED) is 0.362. The van der Waals surface area contributed by atoms with Crippen LogP contribution in [0.4, 0.5) is 13.2 Å². The van der Waals surface area contributed by atoms with Gasteiger partial charge in [-0.3, -0.25) is 4.79 Å². The van der Waals surface area contributed by atoms with Crippen LogP contribution in [0.5, 0.6) is 0 Å². The number of carbonyl (C=O) groups is 1. The third-order valence-corrected chi connectivity index (χ3v) is 2.82. The number of methoxy groups -OCH3 is 1. The maximum atomic E-state index is 12.2. The number of carbonyl (C=O) groups excluding carboxylic acids is 1. The Morgan fingerprint density at radius 2 is 1.85 bits per heavy atom. The zero-order chi connectivity index (χ0) is 15.4. The molecular formula is C12H21F3N2O3. The number of hydrogen-bond acceptors (Lipinski definition) is 5. The first-order chi connectivity index (χ1) is 9.41. The minimum absolute atomic E-state index is 0.247. The van der Waals surface area contributed by atoms with Gasteiger partial charge in [0.1, 0.15) is 0 Å². The van der Waals surface area contributed by atoms with Crippen LogP contribution in [-0.4, -0.2) is 38.4 Å². The average molecular weight is 298 g/mol. The fourth-order valence-corrected chi connectivity index (χ4v) is 1.63. The van der Waals surface area contributed by atoms with E-state index in [0.717, 1.165) is 12.8 Å².